The van der Waals surface area contributed by atoms with Gasteiger partial charge in [-0.05, 0) is 52.8 Å². The van der Waals surface area contributed by atoms with Crippen molar-refractivity contribution in [2.24, 2.45) is 0 Å². The Morgan fingerprint density at radius 2 is 1.96 bits per heavy atom. The summed E-state index contributed by atoms with van der Waals surface area (Å²) in [5, 5.41) is 18.0. The minimum Gasteiger partial charge on any atom is -0.394 e. The van der Waals surface area contributed by atoms with Gasteiger partial charge in [-0.2, -0.15) is 10.2 Å². The Morgan fingerprint density at radius 1 is 1.21 bits per heavy atom. The van der Waals surface area contributed by atoms with Gasteiger partial charge in [0.05, 0.1) is 24.9 Å². The zero-order chi connectivity index (χ0) is 17.2. The minimum atomic E-state index is 0.0381. The number of hydrogen-bond acceptors (Lipinski definition) is 4. The van der Waals surface area contributed by atoms with E-state index in [1.165, 1.54) is 11.3 Å². The lowest BCUT2D eigenvalue weighted by Crippen LogP contribution is -2.33. The predicted molar refractivity (Wildman–Crippen MR) is 93.8 cm³/mol. The summed E-state index contributed by atoms with van der Waals surface area (Å²) in [5.74, 6) is 0.549. The number of likely N-dealkylation sites (tertiary alicyclic amines) is 1. The molecule has 0 unspecified atom stereocenters. The Balaban J connectivity index is 1.55. The van der Waals surface area contributed by atoms with Gasteiger partial charge in [-0.3, -0.25) is 14.3 Å². The second kappa shape index (κ2) is 7.07. The molecule has 1 saturated heterocycles. The summed E-state index contributed by atoms with van der Waals surface area (Å²) in [4.78, 5) is 2.51. The van der Waals surface area contributed by atoms with Crippen molar-refractivity contribution in [3.05, 3.63) is 35.9 Å². The molecule has 2 aromatic rings. The van der Waals surface area contributed by atoms with Crippen LogP contribution in [-0.4, -0.2) is 49.3 Å². The zero-order valence-electron chi connectivity index (χ0n) is 15.0. The molecular formula is C18H29N5O. The van der Waals surface area contributed by atoms with Crippen LogP contribution >= 0.6 is 0 Å². The Bertz CT molecular complexity index is 646. The summed E-state index contributed by atoms with van der Waals surface area (Å²) in [6.07, 6.45) is 8.30. The molecule has 0 aliphatic carbocycles. The third kappa shape index (κ3) is 3.87. The molecule has 132 valence electrons. The number of hydrogen-bond donors (Lipinski definition) is 1. The first-order valence-electron chi connectivity index (χ1n) is 8.86. The summed E-state index contributed by atoms with van der Waals surface area (Å²) < 4.78 is 4.00. The van der Waals surface area contributed by atoms with Gasteiger partial charge in [-0.15, -0.1) is 0 Å². The van der Waals surface area contributed by atoms with Crippen LogP contribution in [0.1, 0.15) is 50.8 Å². The van der Waals surface area contributed by atoms with Crippen LogP contribution in [0.3, 0.4) is 0 Å². The fraction of sp³-hybridized carbons (Fsp3) is 0.667. The second-order valence-electron chi connectivity index (χ2n) is 7.72. The third-order valence-electron chi connectivity index (χ3n) is 4.80. The molecule has 0 bridgehead atoms. The topological polar surface area (TPSA) is 59.1 Å². The van der Waals surface area contributed by atoms with E-state index >= 15 is 0 Å². The molecule has 3 heterocycles. The van der Waals surface area contributed by atoms with E-state index in [9.17, 15) is 0 Å². The monoisotopic (exact) mass is 331 g/mol. The van der Waals surface area contributed by atoms with Gasteiger partial charge >= 0.3 is 0 Å². The van der Waals surface area contributed by atoms with Gasteiger partial charge in [0.1, 0.15) is 0 Å². The van der Waals surface area contributed by atoms with Gasteiger partial charge in [-0.25, -0.2) is 0 Å². The normalized spacial score (nSPS) is 17.5. The highest BCUT2D eigenvalue weighted by Crippen LogP contribution is 2.28. The van der Waals surface area contributed by atoms with Crippen LogP contribution in [0.4, 0.5) is 0 Å². The predicted octanol–water partition coefficient (Wildman–Crippen LogP) is 2.21. The number of rotatable bonds is 5. The maximum Gasteiger partial charge on any atom is 0.0644 e. The molecule has 0 atom stereocenters. The standard InChI is InChI=1S/C18H29N5O/c1-18(2,3)23-14-15(12-20-23)13-21-8-5-16(6-9-21)17-4-7-19-22(17)10-11-24/h4,7,12,14,16,24H,5-6,8-11,13H2,1-3H3. The molecule has 1 N–H and O–H groups in total. The van der Waals surface area contributed by atoms with Gasteiger partial charge in [0.2, 0.25) is 0 Å². The quantitative estimate of drug-likeness (QED) is 0.912. The Morgan fingerprint density at radius 3 is 2.58 bits per heavy atom. The number of aromatic nitrogens is 4. The van der Waals surface area contributed by atoms with E-state index in [2.05, 4.69) is 48.1 Å². The van der Waals surface area contributed by atoms with Crippen LogP contribution < -0.4 is 0 Å². The zero-order valence-corrected chi connectivity index (χ0v) is 15.0. The van der Waals surface area contributed by atoms with Crippen molar-refractivity contribution in [1.29, 1.82) is 0 Å². The number of aliphatic hydroxyl groups excluding tert-OH is 1. The maximum absolute atomic E-state index is 9.15. The van der Waals surface area contributed by atoms with Crippen LogP contribution in [0.15, 0.2) is 24.7 Å². The molecule has 6 heteroatoms. The van der Waals surface area contributed by atoms with Crippen molar-refractivity contribution >= 4 is 0 Å². The number of aliphatic hydroxyl groups is 1. The van der Waals surface area contributed by atoms with Gasteiger partial charge in [0.15, 0.2) is 0 Å². The highest BCUT2D eigenvalue weighted by atomic mass is 16.3. The lowest BCUT2D eigenvalue weighted by molar-refractivity contribution is 0.198. The average Bonchev–Trinajstić information content (AvgIpc) is 3.18. The summed E-state index contributed by atoms with van der Waals surface area (Å²) in [7, 11) is 0. The van der Waals surface area contributed by atoms with Crippen LogP contribution in [0, 0.1) is 0 Å². The van der Waals surface area contributed by atoms with Gasteiger partial charge in [0, 0.05) is 36.1 Å². The fourth-order valence-corrected chi connectivity index (χ4v) is 3.42. The lowest BCUT2D eigenvalue weighted by Gasteiger charge is -2.32. The lowest BCUT2D eigenvalue weighted by atomic mass is 9.93. The van der Waals surface area contributed by atoms with E-state index < -0.39 is 0 Å². The molecule has 0 amide bonds. The second-order valence-corrected chi connectivity index (χ2v) is 7.72. The van der Waals surface area contributed by atoms with Crippen molar-refractivity contribution in [2.75, 3.05) is 19.7 Å². The van der Waals surface area contributed by atoms with Crippen molar-refractivity contribution < 1.29 is 5.11 Å². The van der Waals surface area contributed by atoms with E-state index in [1.807, 2.05) is 21.8 Å². The van der Waals surface area contributed by atoms with Gasteiger partial charge < -0.3 is 5.11 Å². The Hall–Kier alpha value is -1.66. The highest BCUT2D eigenvalue weighted by molar-refractivity contribution is 5.10. The largest absolute Gasteiger partial charge is 0.394 e. The molecule has 24 heavy (non-hydrogen) atoms. The SMILES string of the molecule is CC(C)(C)n1cc(CN2CCC(c3ccnn3CCO)CC2)cn1. The van der Waals surface area contributed by atoms with Gasteiger partial charge in [0.25, 0.3) is 0 Å². The van der Waals surface area contributed by atoms with E-state index in [0.29, 0.717) is 12.5 Å². The number of piperidine rings is 1. The highest BCUT2D eigenvalue weighted by Gasteiger charge is 2.24. The first kappa shape index (κ1) is 17.2. The van der Waals surface area contributed by atoms with Crippen molar-refractivity contribution in [1.82, 2.24) is 24.5 Å². The van der Waals surface area contributed by atoms with E-state index in [4.69, 9.17) is 5.11 Å². The molecule has 1 aliphatic rings. The van der Waals surface area contributed by atoms with Crippen LogP contribution in [-0.2, 0) is 18.6 Å². The van der Waals surface area contributed by atoms with E-state index in [1.54, 1.807) is 0 Å². The molecule has 0 aromatic carbocycles. The van der Waals surface area contributed by atoms with E-state index in [-0.39, 0.29) is 12.1 Å². The Kier molecular flexibility index (Phi) is 5.06. The summed E-state index contributed by atoms with van der Waals surface area (Å²) in [5.41, 5.74) is 2.59. The first-order valence-corrected chi connectivity index (χ1v) is 8.86. The third-order valence-corrected chi connectivity index (χ3v) is 4.80. The molecule has 0 saturated carbocycles. The first-order chi connectivity index (χ1) is 11.5. The van der Waals surface area contributed by atoms with Crippen molar-refractivity contribution in [3.63, 3.8) is 0 Å². The molecule has 1 aliphatic heterocycles. The summed E-state index contributed by atoms with van der Waals surface area (Å²) in [6.45, 7) is 10.4. The van der Waals surface area contributed by atoms with Crippen molar-refractivity contribution in [3.8, 4) is 0 Å². The molecule has 0 spiro atoms. The van der Waals surface area contributed by atoms with Crippen molar-refractivity contribution in [2.45, 2.75) is 58.2 Å². The molecule has 2 aromatic heterocycles. The fourth-order valence-electron chi connectivity index (χ4n) is 3.42. The smallest absolute Gasteiger partial charge is 0.0644 e. The molecule has 0 radical (unpaired) electrons. The van der Waals surface area contributed by atoms with Gasteiger partial charge in [-0.1, -0.05) is 0 Å². The Labute approximate surface area is 144 Å². The minimum absolute atomic E-state index is 0.0381. The summed E-state index contributed by atoms with van der Waals surface area (Å²) in [6, 6.07) is 2.10. The average molecular weight is 331 g/mol. The molecule has 1 fully saturated rings. The molecule has 6 nitrogen and oxygen atoms in total. The van der Waals surface area contributed by atoms with E-state index in [0.717, 1.165) is 32.5 Å². The maximum atomic E-state index is 9.15. The summed E-state index contributed by atoms with van der Waals surface area (Å²) >= 11 is 0. The molecular weight excluding hydrogens is 302 g/mol. The molecule has 3 rings (SSSR count). The van der Waals surface area contributed by atoms with Crippen LogP contribution in [0.25, 0.3) is 0 Å². The van der Waals surface area contributed by atoms with Crippen LogP contribution in [0.5, 0.6) is 0 Å². The van der Waals surface area contributed by atoms with Crippen LogP contribution in [0.2, 0.25) is 0 Å². The number of nitrogens with zero attached hydrogens (tertiary/aromatic N) is 5.